The topological polar surface area (TPSA) is 64.6 Å². The highest BCUT2D eigenvalue weighted by Gasteiger charge is 2.24. The predicted molar refractivity (Wildman–Crippen MR) is 104 cm³/mol. The van der Waals surface area contributed by atoms with Crippen molar-refractivity contribution in [3.63, 3.8) is 0 Å². The van der Waals surface area contributed by atoms with Gasteiger partial charge in [-0.3, -0.25) is 0 Å². The Hall–Kier alpha value is -2.05. The highest BCUT2D eigenvalue weighted by atomic mass is 32.2. The van der Waals surface area contributed by atoms with E-state index in [1.807, 2.05) is 32.0 Å². The van der Waals surface area contributed by atoms with Gasteiger partial charge in [-0.2, -0.15) is 0 Å². The lowest BCUT2D eigenvalue weighted by Crippen LogP contribution is -2.29. The molecule has 0 aromatic heterocycles. The van der Waals surface area contributed by atoms with Crippen molar-refractivity contribution in [3.05, 3.63) is 52.6 Å². The van der Waals surface area contributed by atoms with Crippen LogP contribution < -0.4 is 14.2 Å². The molecule has 2 aromatic carbocycles. The Morgan fingerprint density at radius 2 is 1.58 bits per heavy atom. The van der Waals surface area contributed by atoms with Gasteiger partial charge in [-0.25, -0.2) is 13.1 Å². The van der Waals surface area contributed by atoms with Gasteiger partial charge in [-0.15, -0.1) is 0 Å². The van der Waals surface area contributed by atoms with E-state index in [-0.39, 0.29) is 6.04 Å². The SMILES string of the molecule is CCC(NS(=O)(=O)c1c(C)cc(OC)cc1C)c1ccc(OC)c(C)c1. The lowest BCUT2D eigenvalue weighted by molar-refractivity contribution is 0.411. The zero-order valence-electron chi connectivity index (χ0n) is 16.2. The van der Waals surface area contributed by atoms with Crippen LogP contribution in [0.5, 0.6) is 11.5 Å². The largest absolute Gasteiger partial charge is 0.497 e. The summed E-state index contributed by atoms with van der Waals surface area (Å²) in [6.45, 7) is 7.47. The Labute approximate surface area is 156 Å². The van der Waals surface area contributed by atoms with E-state index >= 15 is 0 Å². The summed E-state index contributed by atoms with van der Waals surface area (Å²) in [6, 6.07) is 8.89. The molecule has 26 heavy (non-hydrogen) atoms. The van der Waals surface area contributed by atoms with E-state index in [1.165, 1.54) is 0 Å². The molecule has 0 spiro atoms. The quantitative estimate of drug-likeness (QED) is 0.790. The van der Waals surface area contributed by atoms with Crippen LogP contribution in [0.25, 0.3) is 0 Å². The molecule has 0 amide bonds. The van der Waals surface area contributed by atoms with Gasteiger partial charge in [0, 0.05) is 6.04 Å². The number of methoxy groups -OCH3 is 2. The van der Waals surface area contributed by atoms with Gasteiger partial charge in [0.05, 0.1) is 19.1 Å². The van der Waals surface area contributed by atoms with Gasteiger partial charge >= 0.3 is 0 Å². The van der Waals surface area contributed by atoms with Crippen LogP contribution in [0.4, 0.5) is 0 Å². The number of ether oxygens (including phenoxy) is 2. The monoisotopic (exact) mass is 377 g/mol. The van der Waals surface area contributed by atoms with Crippen LogP contribution in [0.3, 0.4) is 0 Å². The molecule has 1 N–H and O–H groups in total. The minimum Gasteiger partial charge on any atom is -0.497 e. The van der Waals surface area contributed by atoms with E-state index in [2.05, 4.69) is 4.72 Å². The first kappa shape index (κ1) is 20.3. The molecule has 1 atom stereocenters. The van der Waals surface area contributed by atoms with Crippen LogP contribution in [0.2, 0.25) is 0 Å². The fraction of sp³-hybridized carbons (Fsp3) is 0.400. The molecule has 6 heteroatoms. The average molecular weight is 378 g/mol. The first-order chi connectivity index (χ1) is 12.2. The maximum absolute atomic E-state index is 13.0. The molecule has 0 saturated carbocycles. The number of hydrogen-bond acceptors (Lipinski definition) is 4. The zero-order chi connectivity index (χ0) is 19.5. The van der Waals surface area contributed by atoms with Crippen LogP contribution in [-0.2, 0) is 10.0 Å². The molecule has 0 aliphatic rings. The number of sulfonamides is 1. The third-order valence-corrected chi connectivity index (χ3v) is 6.24. The molecule has 1 unspecified atom stereocenters. The van der Waals surface area contributed by atoms with E-state index < -0.39 is 10.0 Å². The first-order valence-corrected chi connectivity index (χ1v) is 10.0. The van der Waals surface area contributed by atoms with Gasteiger partial charge in [0.25, 0.3) is 0 Å². The zero-order valence-corrected chi connectivity index (χ0v) is 17.0. The highest BCUT2D eigenvalue weighted by Crippen LogP contribution is 2.29. The average Bonchev–Trinajstić information content (AvgIpc) is 2.58. The molecule has 0 aliphatic carbocycles. The maximum atomic E-state index is 13.0. The Morgan fingerprint density at radius 3 is 2.04 bits per heavy atom. The van der Waals surface area contributed by atoms with Gasteiger partial charge < -0.3 is 9.47 Å². The predicted octanol–water partition coefficient (Wildman–Crippen LogP) is 4.06. The van der Waals surface area contributed by atoms with E-state index in [0.29, 0.717) is 28.2 Å². The fourth-order valence-corrected chi connectivity index (χ4v) is 4.96. The third kappa shape index (κ3) is 4.19. The summed E-state index contributed by atoms with van der Waals surface area (Å²) in [4.78, 5) is 0.307. The summed E-state index contributed by atoms with van der Waals surface area (Å²) < 4.78 is 39.5. The lowest BCUT2D eigenvalue weighted by atomic mass is 10.0. The van der Waals surface area contributed by atoms with Crippen molar-refractivity contribution in [2.45, 2.75) is 45.1 Å². The summed E-state index contributed by atoms with van der Waals surface area (Å²) in [6.07, 6.45) is 0.638. The summed E-state index contributed by atoms with van der Waals surface area (Å²) >= 11 is 0. The Bertz CT molecular complexity index is 868. The standard InChI is InChI=1S/C20H27NO4S/c1-7-18(16-8-9-19(25-6)13(2)10-16)21-26(22,23)20-14(3)11-17(24-5)12-15(20)4/h8-12,18,21H,7H2,1-6H3. The highest BCUT2D eigenvalue weighted by molar-refractivity contribution is 7.89. The van der Waals surface area contributed by atoms with Crippen molar-refractivity contribution >= 4 is 10.0 Å². The fourth-order valence-electron chi connectivity index (χ4n) is 3.20. The number of rotatable bonds is 7. The summed E-state index contributed by atoms with van der Waals surface area (Å²) in [5.41, 5.74) is 3.21. The second-order valence-corrected chi connectivity index (χ2v) is 8.05. The molecule has 0 aliphatic heterocycles. The molecular formula is C20H27NO4S. The maximum Gasteiger partial charge on any atom is 0.241 e. The van der Waals surface area contributed by atoms with Crippen molar-refractivity contribution < 1.29 is 17.9 Å². The molecule has 2 rings (SSSR count). The third-order valence-electron chi connectivity index (χ3n) is 4.47. The van der Waals surface area contributed by atoms with Crippen LogP contribution in [-0.4, -0.2) is 22.6 Å². The minimum absolute atomic E-state index is 0.307. The molecule has 142 valence electrons. The summed E-state index contributed by atoms with van der Waals surface area (Å²) in [7, 11) is -0.480. The van der Waals surface area contributed by atoms with Gasteiger partial charge in [0.1, 0.15) is 11.5 Å². The number of hydrogen-bond donors (Lipinski definition) is 1. The van der Waals surface area contributed by atoms with Crippen LogP contribution in [0.1, 0.15) is 41.6 Å². The number of benzene rings is 2. The number of nitrogens with one attached hydrogen (secondary N) is 1. The summed E-state index contributed by atoms with van der Waals surface area (Å²) in [5, 5.41) is 0. The Morgan fingerprint density at radius 1 is 0.962 bits per heavy atom. The van der Waals surface area contributed by atoms with Gasteiger partial charge in [-0.1, -0.05) is 19.1 Å². The smallest absolute Gasteiger partial charge is 0.241 e. The van der Waals surface area contributed by atoms with Crippen molar-refractivity contribution in [1.29, 1.82) is 0 Å². The molecular weight excluding hydrogens is 350 g/mol. The van der Waals surface area contributed by atoms with E-state index in [4.69, 9.17) is 9.47 Å². The van der Waals surface area contributed by atoms with Crippen molar-refractivity contribution in [1.82, 2.24) is 4.72 Å². The Balaban J connectivity index is 2.39. The number of aryl methyl sites for hydroxylation is 3. The van der Waals surface area contributed by atoms with Crippen molar-refractivity contribution in [2.24, 2.45) is 0 Å². The Kier molecular flexibility index (Phi) is 6.31. The molecule has 0 saturated heterocycles. The van der Waals surface area contributed by atoms with Crippen LogP contribution in [0.15, 0.2) is 35.2 Å². The molecule has 5 nitrogen and oxygen atoms in total. The second-order valence-electron chi connectivity index (χ2n) is 6.40. The van der Waals surface area contributed by atoms with Gasteiger partial charge in [0.15, 0.2) is 0 Å². The second kappa shape index (κ2) is 8.10. The molecule has 0 bridgehead atoms. The van der Waals surface area contributed by atoms with E-state index in [9.17, 15) is 8.42 Å². The van der Waals surface area contributed by atoms with Crippen LogP contribution in [0, 0.1) is 20.8 Å². The first-order valence-electron chi connectivity index (χ1n) is 8.55. The molecule has 0 fully saturated rings. The van der Waals surface area contributed by atoms with Crippen LogP contribution >= 0.6 is 0 Å². The summed E-state index contributed by atoms with van der Waals surface area (Å²) in [5.74, 6) is 1.44. The van der Waals surface area contributed by atoms with Gasteiger partial charge in [0.2, 0.25) is 10.0 Å². The van der Waals surface area contributed by atoms with Crippen molar-refractivity contribution in [2.75, 3.05) is 14.2 Å². The minimum atomic E-state index is -3.67. The van der Waals surface area contributed by atoms with Gasteiger partial charge in [-0.05, 0) is 67.6 Å². The van der Waals surface area contributed by atoms with E-state index in [0.717, 1.165) is 16.9 Å². The molecule has 2 aromatic rings. The molecule has 0 radical (unpaired) electrons. The molecule has 0 heterocycles. The van der Waals surface area contributed by atoms with E-state index in [1.54, 1.807) is 40.2 Å². The van der Waals surface area contributed by atoms with Crippen molar-refractivity contribution in [3.8, 4) is 11.5 Å². The normalized spacial score (nSPS) is 12.7. The lowest BCUT2D eigenvalue weighted by Gasteiger charge is -2.21.